The van der Waals surface area contributed by atoms with Crippen LogP contribution in [0.25, 0.3) is 0 Å². The van der Waals surface area contributed by atoms with Crippen LogP contribution < -0.4 is 5.73 Å². The zero-order valence-electron chi connectivity index (χ0n) is 7.66. The summed E-state index contributed by atoms with van der Waals surface area (Å²) in [6.45, 7) is 6.10. The lowest BCUT2D eigenvalue weighted by Crippen LogP contribution is -1.90. The van der Waals surface area contributed by atoms with E-state index in [2.05, 4.69) is 37.8 Å². The van der Waals surface area contributed by atoms with E-state index in [1.807, 2.05) is 6.07 Å². The van der Waals surface area contributed by atoms with Crippen LogP contribution in [0, 0.1) is 0 Å². The molecule has 1 heteroatoms. The summed E-state index contributed by atoms with van der Waals surface area (Å²) in [4.78, 5) is 0. The summed E-state index contributed by atoms with van der Waals surface area (Å²) in [7, 11) is 0. The van der Waals surface area contributed by atoms with Crippen LogP contribution in [0.4, 0.5) is 0 Å². The lowest BCUT2D eigenvalue weighted by molar-refractivity contribution is 1.14. The van der Waals surface area contributed by atoms with E-state index in [9.17, 15) is 0 Å². The van der Waals surface area contributed by atoms with Crippen LogP contribution in [0.15, 0.2) is 43.0 Å². The Balaban J connectivity index is 0.000000261. The molecular weight excluding hydrogens is 146 g/mol. The fourth-order valence-corrected chi connectivity index (χ4v) is 0.714. The Bertz CT molecular complexity index is 191. The second-order valence-electron chi connectivity index (χ2n) is 2.36. The summed E-state index contributed by atoms with van der Waals surface area (Å²) in [5, 5.41) is 0. The highest BCUT2D eigenvalue weighted by Crippen LogP contribution is 1.96. The third kappa shape index (κ3) is 5.69. The van der Waals surface area contributed by atoms with E-state index in [0.29, 0.717) is 6.54 Å². The molecule has 1 aromatic carbocycles. The molecule has 2 N–H and O–H groups in total. The summed E-state index contributed by atoms with van der Waals surface area (Å²) in [6.07, 6.45) is 2.79. The van der Waals surface area contributed by atoms with Gasteiger partial charge in [-0.25, -0.2) is 0 Å². The predicted molar refractivity (Wildman–Crippen MR) is 55.1 cm³/mol. The molecule has 0 atom stereocenters. The smallest absolute Gasteiger partial charge is 0.0104 e. The van der Waals surface area contributed by atoms with Crippen molar-refractivity contribution in [2.24, 2.45) is 5.73 Å². The molecule has 1 nitrogen and oxygen atoms in total. The Morgan fingerprint density at radius 3 is 2.08 bits per heavy atom. The molecule has 0 saturated heterocycles. The zero-order valence-corrected chi connectivity index (χ0v) is 7.66. The number of aryl methyl sites for hydroxylation is 1. The molecule has 0 bridgehead atoms. The first-order valence-corrected chi connectivity index (χ1v) is 4.20. The summed E-state index contributed by atoms with van der Waals surface area (Å²) in [6, 6.07) is 10.5. The molecule has 0 radical (unpaired) electrons. The first-order chi connectivity index (χ1) is 5.85. The molecular formula is C11H17N. The number of benzene rings is 1. The number of hydrogen-bond acceptors (Lipinski definition) is 1. The van der Waals surface area contributed by atoms with Crippen molar-refractivity contribution in [3.63, 3.8) is 0 Å². The SMILES string of the molecule is C=CCN.CCc1ccccc1. The molecule has 0 aliphatic heterocycles. The summed E-state index contributed by atoms with van der Waals surface area (Å²) >= 11 is 0. The lowest BCUT2D eigenvalue weighted by Gasteiger charge is -1.89. The summed E-state index contributed by atoms with van der Waals surface area (Å²) < 4.78 is 0. The van der Waals surface area contributed by atoms with Gasteiger partial charge in [0, 0.05) is 6.54 Å². The Hall–Kier alpha value is -1.08. The van der Waals surface area contributed by atoms with Gasteiger partial charge in [0.05, 0.1) is 0 Å². The van der Waals surface area contributed by atoms with Crippen molar-refractivity contribution in [3.05, 3.63) is 48.6 Å². The van der Waals surface area contributed by atoms with Gasteiger partial charge in [0.25, 0.3) is 0 Å². The molecule has 1 rings (SSSR count). The van der Waals surface area contributed by atoms with E-state index in [0.717, 1.165) is 6.42 Å². The Labute approximate surface area is 74.9 Å². The fraction of sp³-hybridized carbons (Fsp3) is 0.273. The molecule has 12 heavy (non-hydrogen) atoms. The van der Waals surface area contributed by atoms with Crippen molar-refractivity contribution in [1.29, 1.82) is 0 Å². The Kier molecular flexibility index (Phi) is 7.30. The maximum absolute atomic E-state index is 4.91. The van der Waals surface area contributed by atoms with Gasteiger partial charge in [-0.1, -0.05) is 43.3 Å². The molecule has 66 valence electrons. The highest BCUT2D eigenvalue weighted by molar-refractivity contribution is 5.13. The second kappa shape index (κ2) is 8.02. The van der Waals surface area contributed by atoms with Gasteiger partial charge in [-0.2, -0.15) is 0 Å². The average Bonchev–Trinajstić information content (AvgIpc) is 2.19. The van der Waals surface area contributed by atoms with Gasteiger partial charge in [-0.05, 0) is 12.0 Å². The number of rotatable bonds is 2. The normalized spacial score (nSPS) is 8.17. The van der Waals surface area contributed by atoms with Gasteiger partial charge < -0.3 is 5.73 Å². The van der Waals surface area contributed by atoms with Crippen molar-refractivity contribution in [2.75, 3.05) is 6.54 Å². The van der Waals surface area contributed by atoms with Crippen molar-refractivity contribution in [3.8, 4) is 0 Å². The van der Waals surface area contributed by atoms with Crippen molar-refractivity contribution >= 4 is 0 Å². The van der Waals surface area contributed by atoms with Crippen LogP contribution in [0.3, 0.4) is 0 Å². The molecule has 0 aromatic heterocycles. The van der Waals surface area contributed by atoms with Crippen LogP contribution in [-0.2, 0) is 6.42 Å². The minimum absolute atomic E-state index is 0.583. The Morgan fingerprint density at radius 1 is 1.33 bits per heavy atom. The molecule has 0 fully saturated rings. The van der Waals surface area contributed by atoms with Gasteiger partial charge in [-0.3, -0.25) is 0 Å². The lowest BCUT2D eigenvalue weighted by atomic mass is 10.2. The molecule has 0 heterocycles. The van der Waals surface area contributed by atoms with Gasteiger partial charge in [0.2, 0.25) is 0 Å². The van der Waals surface area contributed by atoms with Gasteiger partial charge in [0.15, 0.2) is 0 Å². The maximum Gasteiger partial charge on any atom is 0.0104 e. The molecule has 0 unspecified atom stereocenters. The van der Waals surface area contributed by atoms with E-state index in [1.165, 1.54) is 5.56 Å². The van der Waals surface area contributed by atoms with Crippen molar-refractivity contribution < 1.29 is 0 Å². The molecule has 0 saturated carbocycles. The van der Waals surface area contributed by atoms with E-state index in [4.69, 9.17) is 5.73 Å². The first kappa shape index (κ1) is 10.9. The monoisotopic (exact) mass is 163 g/mol. The molecule has 0 aliphatic carbocycles. The average molecular weight is 163 g/mol. The fourth-order valence-electron chi connectivity index (χ4n) is 0.714. The minimum Gasteiger partial charge on any atom is -0.327 e. The van der Waals surface area contributed by atoms with Gasteiger partial charge in [-0.15, -0.1) is 6.58 Å². The highest BCUT2D eigenvalue weighted by Gasteiger charge is 1.79. The zero-order chi connectivity index (χ0) is 9.23. The number of nitrogens with two attached hydrogens (primary N) is 1. The van der Waals surface area contributed by atoms with E-state index < -0.39 is 0 Å². The molecule has 0 amide bonds. The highest BCUT2D eigenvalue weighted by atomic mass is 14.5. The van der Waals surface area contributed by atoms with Crippen LogP contribution in [0.2, 0.25) is 0 Å². The van der Waals surface area contributed by atoms with E-state index in [-0.39, 0.29) is 0 Å². The van der Waals surface area contributed by atoms with Gasteiger partial charge >= 0.3 is 0 Å². The van der Waals surface area contributed by atoms with Crippen LogP contribution in [0.1, 0.15) is 12.5 Å². The molecule has 0 spiro atoms. The quantitative estimate of drug-likeness (QED) is 0.665. The Morgan fingerprint density at radius 2 is 1.83 bits per heavy atom. The maximum atomic E-state index is 4.91. The second-order valence-corrected chi connectivity index (χ2v) is 2.36. The third-order valence-corrected chi connectivity index (χ3v) is 1.42. The third-order valence-electron chi connectivity index (χ3n) is 1.42. The largest absolute Gasteiger partial charge is 0.327 e. The topological polar surface area (TPSA) is 26.0 Å². The van der Waals surface area contributed by atoms with Crippen molar-refractivity contribution in [2.45, 2.75) is 13.3 Å². The standard InChI is InChI=1S/C8H10.C3H7N/c1-2-8-6-4-3-5-7-8;1-2-3-4/h3-7H,2H2,1H3;2H,1,3-4H2. The van der Waals surface area contributed by atoms with Crippen LogP contribution >= 0.6 is 0 Å². The predicted octanol–water partition coefficient (Wildman–Crippen LogP) is 2.38. The first-order valence-electron chi connectivity index (χ1n) is 4.20. The summed E-state index contributed by atoms with van der Waals surface area (Å²) in [5.41, 5.74) is 6.32. The van der Waals surface area contributed by atoms with Crippen molar-refractivity contribution in [1.82, 2.24) is 0 Å². The van der Waals surface area contributed by atoms with Crippen LogP contribution in [0.5, 0.6) is 0 Å². The molecule has 1 aromatic rings. The van der Waals surface area contributed by atoms with E-state index >= 15 is 0 Å². The molecule has 0 aliphatic rings. The summed E-state index contributed by atoms with van der Waals surface area (Å²) in [5.74, 6) is 0. The number of hydrogen-bond donors (Lipinski definition) is 1. The van der Waals surface area contributed by atoms with Gasteiger partial charge in [0.1, 0.15) is 0 Å². The van der Waals surface area contributed by atoms with E-state index in [1.54, 1.807) is 6.08 Å². The minimum atomic E-state index is 0.583. The van der Waals surface area contributed by atoms with Crippen LogP contribution in [-0.4, -0.2) is 6.54 Å².